The zero-order chi connectivity index (χ0) is 8.55. The minimum atomic E-state index is -0.410. The molecule has 12 heavy (non-hydrogen) atoms. The monoisotopic (exact) mass is 161 g/mol. The Kier molecular flexibility index (Phi) is 1.29. The molecule has 0 saturated carbocycles. The van der Waals surface area contributed by atoms with Crippen LogP contribution >= 0.6 is 0 Å². The van der Waals surface area contributed by atoms with Crippen LogP contribution in [-0.2, 0) is 0 Å². The molecule has 58 valence electrons. The van der Waals surface area contributed by atoms with Gasteiger partial charge in [-0.3, -0.25) is 10.1 Å². The van der Waals surface area contributed by atoms with Gasteiger partial charge in [0.2, 0.25) is 0 Å². The van der Waals surface area contributed by atoms with E-state index in [1.807, 2.05) is 0 Å². The lowest BCUT2D eigenvalue weighted by Gasteiger charge is -1.89. The smallest absolute Gasteiger partial charge is 0.258 e. The molecular weight excluding hydrogens is 156 g/mol. The summed E-state index contributed by atoms with van der Waals surface area (Å²) in [7, 11) is 0. The van der Waals surface area contributed by atoms with Crippen molar-refractivity contribution in [2.45, 2.75) is 0 Å². The van der Waals surface area contributed by atoms with Crippen molar-refractivity contribution in [3.8, 4) is 0 Å². The zero-order valence-corrected chi connectivity index (χ0v) is 6.07. The molecule has 0 fully saturated rings. The van der Waals surface area contributed by atoms with Crippen molar-refractivity contribution >= 4 is 17.5 Å². The molecule has 0 atom stereocenters. The number of hydrogen-bond acceptors (Lipinski definition) is 3. The van der Waals surface area contributed by atoms with E-state index in [2.05, 4.69) is 11.5 Å². The van der Waals surface area contributed by atoms with Crippen molar-refractivity contribution in [2.24, 2.45) is 0 Å². The Bertz CT molecular complexity index is 371. The van der Waals surface area contributed by atoms with Gasteiger partial charge in [-0.25, -0.2) is 0 Å². The Morgan fingerprint density at radius 1 is 1.50 bits per heavy atom. The van der Waals surface area contributed by atoms with Crippen LogP contribution < -0.4 is 5.32 Å². The van der Waals surface area contributed by atoms with Crippen molar-refractivity contribution < 1.29 is 4.92 Å². The third-order valence-electron chi connectivity index (χ3n) is 1.68. The molecule has 0 aliphatic carbocycles. The number of nitro benzene ring substituents is 1. The Hall–Kier alpha value is -1.93. The number of benzene rings is 1. The van der Waals surface area contributed by atoms with Gasteiger partial charge in [0.1, 0.15) is 12.3 Å². The van der Waals surface area contributed by atoms with Crippen LogP contribution in [0, 0.1) is 16.3 Å². The molecule has 0 bridgehead atoms. The lowest BCUT2D eigenvalue weighted by atomic mass is 10.2. The molecule has 4 heteroatoms. The van der Waals surface area contributed by atoms with Gasteiger partial charge in [-0.05, 0) is 0 Å². The van der Waals surface area contributed by atoms with Gasteiger partial charge in [0.25, 0.3) is 5.69 Å². The second-order valence-electron chi connectivity index (χ2n) is 2.44. The number of nitrogens with zero attached hydrogens (tertiary/aromatic N) is 1. The van der Waals surface area contributed by atoms with E-state index in [1.165, 1.54) is 12.1 Å². The second-order valence-corrected chi connectivity index (χ2v) is 2.44. The number of nitrogens with one attached hydrogen (secondary N) is 1. The molecule has 0 saturated heterocycles. The first-order valence-electron chi connectivity index (χ1n) is 3.40. The maximum Gasteiger partial charge on any atom is 0.285 e. The topological polar surface area (TPSA) is 55.2 Å². The van der Waals surface area contributed by atoms with Crippen LogP contribution in [0.25, 0.3) is 6.08 Å². The van der Waals surface area contributed by atoms with E-state index >= 15 is 0 Å². The lowest BCUT2D eigenvalue weighted by molar-refractivity contribution is -0.384. The maximum atomic E-state index is 10.4. The summed E-state index contributed by atoms with van der Waals surface area (Å²) in [6.07, 6.45) is 4.44. The zero-order valence-electron chi connectivity index (χ0n) is 6.07. The van der Waals surface area contributed by atoms with Crippen LogP contribution in [0.5, 0.6) is 0 Å². The Morgan fingerprint density at radius 2 is 2.33 bits per heavy atom. The SMILES string of the molecule is O=[N+]([O-])c1ccc2c(c1)C=[C+]N2. The number of nitro groups is 1. The molecule has 1 aliphatic heterocycles. The first-order chi connectivity index (χ1) is 5.77. The minimum absolute atomic E-state index is 0.107. The van der Waals surface area contributed by atoms with E-state index in [0.29, 0.717) is 0 Å². The lowest BCUT2D eigenvalue weighted by Crippen LogP contribution is -1.89. The van der Waals surface area contributed by atoms with Crippen LogP contribution in [0.1, 0.15) is 5.56 Å². The number of non-ortho nitro benzene ring substituents is 1. The fraction of sp³-hybridized carbons (Fsp3) is 0. The average molecular weight is 161 g/mol. The maximum absolute atomic E-state index is 10.4. The molecule has 1 heterocycles. The molecule has 1 aromatic carbocycles. The van der Waals surface area contributed by atoms with Crippen LogP contribution in [0.4, 0.5) is 11.4 Å². The quantitative estimate of drug-likeness (QED) is 0.388. The molecule has 0 spiro atoms. The Labute approximate surface area is 68.7 Å². The molecule has 1 aromatic rings. The molecule has 0 aromatic heterocycles. The molecule has 0 unspecified atom stereocenters. The van der Waals surface area contributed by atoms with Gasteiger partial charge in [0.05, 0.1) is 11.0 Å². The fourth-order valence-corrected chi connectivity index (χ4v) is 1.09. The number of rotatable bonds is 1. The van der Waals surface area contributed by atoms with Gasteiger partial charge in [-0.2, -0.15) is 5.32 Å². The van der Waals surface area contributed by atoms with E-state index in [4.69, 9.17) is 0 Å². The third-order valence-corrected chi connectivity index (χ3v) is 1.68. The molecule has 4 nitrogen and oxygen atoms in total. The third kappa shape index (κ3) is 0.909. The van der Waals surface area contributed by atoms with Crippen LogP contribution in [0.2, 0.25) is 0 Å². The fourth-order valence-electron chi connectivity index (χ4n) is 1.09. The minimum Gasteiger partial charge on any atom is -0.258 e. The summed E-state index contributed by atoms with van der Waals surface area (Å²) in [4.78, 5) is 9.94. The van der Waals surface area contributed by atoms with E-state index in [9.17, 15) is 10.1 Å². The van der Waals surface area contributed by atoms with Crippen LogP contribution in [-0.4, -0.2) is 4.92 Å². The Morgan fingerprint density at radius 3 is 3.08 bits per heavy atom. The van der Waals surface area contributed by atoms with Crippen LogP contribution in [0.15, 0.2) is 18.2 Å². The summed E-state index contributed by atoms with van der Waals surface area (Å²) in [6.45, 7) is 0. The summed E-state index contributed by atoms with van der Waals surface area (Å²) < 4.78 is 0. The summed E-state index contributed by atoms with van der Waals surface area (Å²) in [5, 5.41) is 13.2. The second kappa shape index (κ2) is 2.29. The van der Waals surface area contributed by atoms with Gasteiger partial charge in [-0.15, -0.1) is 0 Å². The summed E-state index contributed by atoms with van der Waals surface area (Å²) in [6, 6.07) is 4.65. The molecule has 2 rings (SSSR count). The standard InChI is InChI=1S/C8H5N2O2/c11-10(12)7-1-2-8-6(5-7)3-4-9-8/h1-3,5,9H/q+1. The molecule has 0 radical (unpaired) electrons. The largest absolute Gasteiger partial charge is 0.285 e. The molecular formula is C8H5N2O2+. The summed E-state index contributed by atoms with van der Waals surface area (Å²) in [5.41, 5.74) is 1.78. The highest BCUT2D eigenvalue weighted by atomic mass is 16.6. The number of hydrogen-bond donors (Lipinski definition) is 1. The highest BCUT2D eigenvalue weighted by Gasteiger charge is 2.19. The van der Waals surface area contributed by atoms with Crippen molar-refractivity contribution in [1.82, 2.24) is 0 Å². The predicted molar refractivity (Wildman–Crippen MR) is 44.4 cm³/mol. The van der Waals surface area contributed by atoms with Crippen molar-refractivity contribution in [3.63, 3.8) is 0 Å². The normalized spacial score (nSPS) is 11.7. The van der Waals surface area contributed by atoms with Gasteiger partial charge in [0.15, 0.2) is 11.3 Å². The van der Waals surface area contributed by atoms with Crippen LogP contribution in [0.3, 0.4) is 0 Å². The molecule has 0 amide bonds. The molecule has 1 aliphatic rings. The number of anilines is 1. The van der Waals surface area contributed by atoms with Gasteiger partial charge in [0, 0.05) is 12.1 Å². The van der Waals surface area contributed by atoms with E-state index in [-0.39, 0.29) is 5.69 Å². The summed E-state index contributed by atoms with van der Waals surface area (Å²) in [5.74, 6) is 0. The van der Waals surface area contributed by atoms with Crippen molar-refractivity contribution in [3.05, 3.63) is 40.1 Å². The average Bonchev–Trinajstić information content (AvgIpc) is 2.49. The first kappa shape index (κ1) is 6.76. The first-order valence-corrected chi connectivity index (χ1v) is 3.40. The van der Waals surface area contributed by atoms with E-state index < -0.39 is 4.92 Å². The van der Waals surface area contributed by atoms with Gasteiger partial charge < -0.3 is 0 Å². The summed E-state index contributed by atoms with van der Waals surface area (Å²) >= 11 is 0. The predicted octanol–water partition coefficient (Wildman–Crippen LogP) is 1.79. The van der Waals surface area contributed by atoms with Crippen molar-refractivity contribution in [1.29, 1.82) is 0 Å². The Balaban J connectivity index is 2.51. The van der Waals surface area contributed by atoms with E-state index in [1.54, 1.807) is 12.1 Å². The van der Waals surface area contributed by atoms with E-state index in [0.717, 1.165) is 11.3 Å². The van der Waals surface area contributed by atoms with Gasteiger partial charge in [-0.1, -0.05) is 0 Å². The van der Waals surface area contributed by atoms with Crippen molar-refractivity contribution in [2.75, 3.05) is 5.32 Å². The highest BCUT2D eigenvalue weighted by molar-refractivity contribution is 5.74. The van der Waals surface area contributed by atoms with Gasteiger partial charge >= 0.3 is 0 Å². The number of fused-ring (bicyclic) bond motifs is 1. The molecule has 1 N–H and O–H groups in total. The highest BCUT2D eigenvalue weighted by Crippen LogP contribution is 2.26.